The van der Waals surface area contributed by atoms with Crippen molar-refractivity contribution in [3.63, 3.8) is 0 Å². The molecule has 0 aliphatic carbocycles. The van der Waals surface area contributed by atoms with E-state index in [9.17, 15) is 9.59 Å². The first kappa shape index (κ1) is 17.2. The zero-order valence-corrected chi connectivity index (χ0v) is 15.0. The summed E-state index contributed by atoms with van der Waals surface area (Å²) in [5, 5.41) is 0. The van der Waals surface area contributed by atoms with Crippen molar-refractivity contribution in [3.05, 3.63) is 89.1 Å². The number of hydrogen-bond donors (Lipinski definition) is 0. The Balaban J connectivity index is 1.48. The third-order valence-electron chi connectivity index (χ3n) is 5.03. The molecule has 1 atom stereocenters. The molecule has 1 amide bonds. The molecule has 0 bridgehead atoms. The van der Waals surface area contributed by atoms with Gasteiger partial charge in [0.25, 0.3) is 11.5 Å². The highest BCUT2D eigenvalue weighted by Gasteiger charge is 2.27. The van der Waals surface area contributed by atoms with E-state index in [-0.39, 0.29) is 17.4 Å². The molecule has 1 fully saturated rings. The lowest BCUT2D eigenvalue weighted by Gasteiger charge is -2.17. The third-order valence-corrected chi connectivity index (χ3v) is 5.03. The lowest BCUT2D eigenvalue weighted by atomic mass is 10.1. The van der Waals surface area contributed by atoms with E-state index in [1.54, 1.807) is 17.1 Å². The number of likely N-dealkylation sites (tertiary alicyclic amines) is 1. The van der Waals surface area contributed by atoms with Gasteiger partial charge in [-0.05, 0) is 30.0 Å². The molecule has 2 aromatic carbocycles. The summed E-state index contributed by atoms with van der Waals surface area (Å²) in [6.45, 7) is 1.96. The van der Waals surface area contributed by atoms with Crippen LogP contribution in [0.25, 0.3) is 11.1 Å². The van der Waals surface area contributed by atoms with E-state index < -0.39 is 0 Å². The highest BCUT2D eigenvalue weighted by Crippen LogP contribution is 2.20. The zero-order chi connectivity index (χ0) is 18.6. The average molecular weight is 359 g/mol. The summed E-state index contributed by atoms with van der Waals surface area (Å²) in [6, 6.07) is 18.9. The summed E-state index contributed by atoms with van der Waals surface area (Å²) in [5.41, 5.74) is 2.15. The van der Waals surface area contributed by atoms with Crippen LogP contribution in [-0.2, 0) is 6.54 Å². The number of rotatable bonds is 4. The smallest absolute Gasteiger partial charge is 0.261 e. The van der Waals surface area contributed by atoms with Crippen molar-refractivity contribution in [2.75, 3.05) is 13.1 Å². The number of hydrogen-bond acceptors (Lipinski definition) is 3. The SMILES string of the molecule is O=C(c1ccccc1)N1CCC(Cn2cncc(-c3ccccc3)c2=O)C1. The molecule has 27 heavy (non-hydrogen) atoms. The molecule has 0 radical (unpaired) electrons. The Hall–Kier alpha value is -3.21. The lowest BCUT2D eigenvalue weighted by molar-refractivity contribution is 0.0786. The molecular weight excluding hydrogens is 338 g/mol. The normalized spacial score (nSPS) is 16.4. The van der Waals surface area contributed by atoms with Crippen molar-refractivity contribution < 1.29 is 4.79 Å². The van der Waals surface area contributed by atoms with Crippen LogP contribution < -0.4 is 5.56 Å². The van der Waals surface area contributed by atoms with Gasteiger partial charge >= 0.3 is 0 Å². The molecule has 4 rings (SSSR count). The molecular formula is C22H21N3O2. The fourth-order valence-electron chi connectivity index (χ4n) is 3.60. The molecule has 5 heteroatoms. The molecule has 2 heterocycles. The molecule has 1 saturated heterocycles. The fraction of sp³-hybridized carbons (Fsp3) is 0.227. The molecule has 1 aliphatic heterocycles. The second-order valence-corrected chi connectivity index (χ2v) is 6.90. The standard InChI is InChI=1S/C22H21N3O2/c26-21(19-9-5-2-6-10-19)24-12-11-17(14-24)15-25-16-23-13-20(22(25)27)18-7-3-1-4-8-18/h1-10,13,16-17H,11-12,14-15H2. The molecule has 1 aromatic heterocycles. The number of aromatic nitrogens is 2. The summed E-state index contributed by atoms with van der Waals surface area (Å²) in [6.07, 6.45) is 4.10. The van der Waals surface area contributed by atoms with Gasteiger partial charge in [-0.3, -0.25) is 14.2 Å². The van der Waals surface area contributed by atoms with Crippen LogP contribution in [0.5, 0.6) is 0 Å². The first-order chi connectivity index (χ1) is 13.2. The highest BCUT2D eigenvalue weighted by molar-refractivity contribution is 5.94. The van der Waals surface area contributed by atoms with Crippen LogP contribution in [0.4, 0.5) is 0 Å². The quantitative estimate of drug-likeness (QED) is 0.719. The molecule has 5 nitrogen and oxygen atoms in total. The maximum atomic E-state index is 12.8. The van der Waals surface area contributed by atoms with Crippen LogP contribution in [0.15, 0.2) is 78.0 Å². The van der Waals surface area contributed by atoms with Crippen LogP contribution in [0.2, 0.25) is 0 Å². The average Bonchev–Trinajstić information content (AvgIpc) is 3.19. The number of nitrogens with zero attached hydrogens (tertiary/aromatic N) is 3. The van der Waals surface area contributed by atoms with Crippen molar-refractivity contribution in [3.8, 4) is 11.1 Å². The van der Waals surface area contributed by atoms with Gasteiger partial charge < -0.3 is 4.90 Å². The second kappa shape index (κ2) is 7.58. The van der Waals surface area contributed by atoms with Crippen LogP contribution >= 0.6 is 0 Å². The van der Waals surface area contributed by atoms with Gasteiger partial charge in [-0.1, -0.05) is 48.5 Å². The summed E-state index contributed by atoms with van der Waals surface area (Å²) < 4.78 is 1.67. The zero-order valence-electron chi connectivity index (χ0n) is 15.0. The van der Waals surface area contributed by atoms with Crippen LogP contribution in [0, 0.1) is 5.92 Å². The Morgan fingerprint density at radius 3 is 2.48 bits per heavy atom. The van der Waals surface area contributed by atoms with Gasteiger partial charge in [0.2, 0.25) is 0 Å². The van der Waals surface area contributed by atoms with Crippen molar-refractivity contribution >= 4 is 5.91 Å². The lowest BCUT2D eigenvalue weighted by Crippen LogP contribution is -2.30. The Labute approximate surface area is 157 Å². The first-order valence-corrected chi connectivity index (χ1v) is 9.16. The fourth-order valence-corrected chi connectivity index (χ4v) is 3.60. The molecule has 0 spiro atoms. The topological polar surface area (TPSA) is 55.2 Å². The Morgan fingerprint density at radius 2 is 1.74 bits per heavy atom. The van der Waals surface area contributed by atoms with Crippen molar-refractivity contribution in [2.45, 2.75) is 13.0 Å². The van der Waals surface area contributed by atoms with Gasteiger partial charge in [0, 0.05) is 31.4 Å². The van der Waals surface area contributed by atoms with Crippen LogP contribution in [-0.4, -0.2) is 33.4 Å². The van der Waals surface area contributed by atoms with E-state index in [1.807, 2.05) is 65.6 Å². The van der Waals surface area contributed by atoms with E-state index in [2.05, 4.69) is 4.98 Å². The minimum atomic E-state index is -0.0379. The maximum absolute atomic E-state index is 12.8. The summed E-state index contributed by atoms with van der Waals surface area (Å²) in [7, 11) is 0. The maximum Gasteiger partial charge on any atom is 0.261 e. The number of benzene rings is 2. The van der Waals surface area contributed by atoms with E-state index >= 15 is 0 Å². The molecule has 0 saturated carbocycles. The van der Waals surface area contributed by atoms with Crippen molar-refractivity contribution in [1.29, 1.82) is 0 Å². The van der Waals surface area contributed by atoms with Crippen LogP contribution in [0.1, 0.15) is 16.8 Å². The third kappa shape index (κ3) is 3.67. The minimum absolute atomic E-state index is 0.0379. The van der Waals surface area contributed by atoms with Crippen LogP contribution in [0.3, 0.4) is 0 Å². The molecule has 136 valence electrons. The molecule has 0 N–H and O–H groups in total. The van der Waals surface area contributed by atoms with E-state index in [1.165, 1.54) is 0 Å². The number of carbonyl (C=O) groups is 1. The van der Waals surface area contributed by atoms with E-state index in [0.29, 0.717) is 24.2 Å². The minimum Gasteiger partial charge on any atom is -0.338 e. The summed E-state index contributed by atoms with van der Waals surface area (Å²) >= 11 is 0. The van der Waals surface area contributed by atoms with Gasteiger partial charge in [-0.2, -0.15) is 0 Å². The number of carbonyl (C=O) groups excluding carboxylic acids is 1. The van der Waals surface area contributed by atoms with Gasteiger partial charge in [-0.25, -0.2) is 4.98 Å². The summed E-state index contributed by atoms with van der Waals surface area (Å²) in [5.74, 6) is 0.310. The molecule has 1 unspecified atom stereocenters. The van der Waals surface area contributed by atoms with Crippen molar-refractivity contribution in [1.82, 2.24) is 14.5 Å². The predicted octanol–water partition coefficient (Wildman–Crippen LogP) is 3.07. The van der Waals surface area contributed by atoms with Gasteiger partial charge in [0.05, 0.1) is 11.9 Å². The highest BCUT2D eigenvalue weighted by atomic mass is 16.2. The Bertz CT molecular complexity index is 983. The number of amides is 1. The second-order valence-electron chi connectivity index (χ2n) is 6.90. The Morgan fingerprint density at radius 1 is 1.04 bits per heavy atom. The van der Waals surface area contributed by atoms with Crippen molar-refractivity contribution in [2.24, 2.45) is 5.92 Å². The van der Waals surface area contributed by atoms with Gasteiger partial charge in [0.15, 0.2) is 0 Å². The van der Waals surface area contributed by atoms with E-state index in [0.717, 1.165) is 18.5 Å². The Kier molecular flexibility index (Phi) is 4.83. The monoisotopic (exact) mass is 359 g/mol. The predicted molar refractivity (Wildman–Crippen MR) is 104 cm³/mol. The largest absolute Gasteiger partial charge is 0.338 e. The summed E-state index contributed by atoms with van der Waals surface area (Å²) in [4.78, 5) is 31.6. The van der Waals surface area contributed by atoms with Gasteiger partial charge in [-0.15, -0.1) is 0 Å². The van der Waals surface area contributed by atoms with Gasteiger partial charge in [0.1, 0.15) is 0 Å². The first-order valence-electron chi connectivity index (χ1n) is 9.16. The van der Waals surface area contributed by atoms with E-state index in [4.69, 9.17) is 0 Å². The molecule has 3 aromatic rings. The molecule has 1 aliphatic rings.